The van der Waals surface area contributed by atoms with Gasteiger partial charge in [-0.3, -0.25) is 4.57 Å². The fourth-order valence-corrected chi connectivity index (χ4v) is 8.92. The molecule has 4 aromatic heterocycles. The molecule has 0 saturated carbocycles. The van der Waals surface area contributed by atoms with Crippen molar-refractivity contribution in [2.75, 3.05) is 0 Å². The Morgan fingerprint density at radius 1 is 0.479 bits per heavy atom. The fourth-order valence-electron chi connectivity index (χ4n) is 7.77. The summed E-state index contributed by atoms with van der Waals surface area (Å²) in [6.07, 6.45) is 0. The number of thiophene rings is 1. The van der Waals surface area contributed by atoms with Gasteiger partial charge in [0.15, 0.2) is 5.58 Å². The fraction of sp³-hybridized carbons (Fsp3) is 0. The first-order valence-electron chi connectivity index (χ1n) is 16.1. The minimum atomic E-state index is 0.572. The zero-order valence-electron chi connectivity index (χ0n) is 25.6. The van der Waals surface area contributed by atoms with E-state index in [0.29, 0.717) is 6.01 Å². The summed E-state index contributed by atoms with van der Waals surface area (Å²) in [5, 5.41) is 7.14. The van der Waals surface area contributed by atoms with E-state index in [2.05, 4.69) is 161 Å². The van der Waals surface area contributed by atoms with Crippen LogP contribution in [0.4, 0.5) is 0 Å². The summed E-state index contributed by atoms with van der Waals surface area (Å²) in [4.78, 5) is 5.36. The largest absolute Gasteiger partial charge is 0.422 e. The zero-order chi connectivity index (χ0) is 31.3. The van der Waals surface area contributed by atoms with Gasteiger partial charge in [0.05, 0.1) is 22.1 Å². The van der Waals surface area contributed by atoms with Crippen LogP contribution >= 0.6 is 11.3 Å². The Kier molecular flexibility index (Phi) is 5.23. The topological polar surface area (TPSA) is 35.9 Å². The van der Waals surface area contributed by atoms with Gasteiger partial charge in [-0.1, -0.05) is 103 Å². The van der Waals surface area contributed by atoms with Gasteiger partial charge in [-0.2, -0.15) is 4.98 Å². The quantitative estimate of drug-likeness (QED) is 0.194. The van der Waals surface area contributed by atoms with Gasteiger partial charge in [0.2, 0.25) is 0 Å². The van der Waals surface area contributed by atoms with Crippen molar-refractivity contribution < 1.29 is 4.42 Å². The molecular formula is C43H25N3OS. The smallest absolute Gasteiger partial charge is 0.307 e. The van der Waals surface area contributed by atoms with Gasteiger partial charge in [-0.05, 0) is 54.1 Å². The molecule has 11 rings (SSSR count). The number of oxazole rings is 1. The molecular weight excluding hydrogens is 607 g/mol. The average Bonchev–Trinajstić information content (AvgIpc) is 3.90. The van der Waals surface area contributed by atoms with Crippen LogP contribution in [0.5, 0.6) is 0 Å². The molecule has 224 valence electrons. The number of fused-ring (bicyclic) bond motifs is 12. The molecule has 0 fully saturated rings. The van der Waals surface area contributed by atoms with E-state index in [1.54, 1.807) is 11.3 Å². The van der Waals surface area contributed by atoms with Crippen molar-refractivity contribution in [1.29, 1.82) is 0 Å². The van der Waals surface area contributed by atoms with Crippen molar-refractivity contribution in [3.8, 4) is 22.8 Å². The summed E-state index contributed by atoms with van der Waals surface area (Å²) >= 11 is 1.80. The number of nitrogens with zero attached hydrogens (tertiary/aromatic N) is 3. The monoisotopic (exact) mass is 631 g/mol. The molecule has 0 atom stereocenters. The van der Waals surface area contributed by atoms with Crippen molar-refractivity contribution in [3.63, 3.8) is 0 Å². The molecule has 0 radical (unpaired) electrons. The summed E-state index contributed by atoms with van der Waals surface area (Å²) in [7, 11) is 0. The lowest BCUT2D eigenvalue weighted by Crippen LogP contribution is -1.95. The molecule has 0 saturated heterocycles. The maximum atomic E-state index is 7.00. The molecule has 7 aromatic carbocycles. The summed E-state index contributed by atoms with van der Waals surface area (Å²) in [6, 6.07) is 54.5. The molecule has 5 heteroatoms. The Labute approximate surface area is 278 Å². The highest BCUT2D eigenvalue weighted by Gasteiger charge is 2.24. The van der Waals surface area contributed by atoms with Crippen LogP contribution in [0.3, 0.4) is 0 Å². The molecule has 0 aliphatic heterocycles. The molecule has 4 nitrogen and oxygen atoms in total. The van der Waals surface area contributed by atoms with Crippen LogP contribution in [0.1, 0.15) is 0 Å². The van der Waals surface area contributed by atoms with Gasteiger partial charge in [0.25, 0.3) is 0 Å². The molecule has 48 heavy (non-hydrogen) atoms. The second-order valence-corrected chi connectivity index (χ2v) is 13.4. The second-order valence-electron chi connectivity index (χ2n) is 12.3. The van der Waals surface area contributed by atoms with E-state index in [-0.39, 0.29) is 0 Å². The van der Waals surface area contributed by atoms with Crippen LogP contribution in [-0.4, -0.2) is 14.1 Å². The Balaban J connectivity index is 1.29. The first kappa shape index (κ1) is 26.0. The second kappa shape index (κ2) is 9.67. The SMILES string of the molecule is c1ccc(-c2cc3sc4ccccc4c3c3oc(-n4c5ccccc5c5c6c7ccccc7n(-c7ccccc7)c6ccc54)nc23)cc1. The summed E-state index contributed by atoms with van der Waals surface area (Å²) in [5.74, 6) is 0. The number of rotatable bonds is 3. The van der Waals surface area contributed by atoms with E-state index < -0.39 is 0 Å². The van der Waals surface area contributed by atoms with Gasteiger partial charge in [0.1, 0.15) is 5.52 Å². The van der Waals surface area contributed by atoms with Gasteiger partial charge < -0.3 is 8.98 Å². The normalized spacial score (nSPS) is 12.2. The molecule has 0 amide bonds. The van der Waals surface area contributed by atoms with Crippen molar-refractivity contribution in [2.24, 2.45) is 0 Å². The Bertz CT molecular complexity index is 3050. The van der Waals surface area contributed by atoms with Crippen LogP contribution in [0.15, 0.2) is 156 Å². The van der Waals surface area contributed by atoms with Crippen LogP contribution < -0.4 is 0 Å². The molecule has 0 N–H and O–H groups in total. The third-order valence-electron chi connectivity index (χ3n) is 9.76. The lowest BCUT2D eigenvalue weighted by atomic mass is 10.0. The summed E-state index contributed by atoms with van der Waals surface area (Å²) < 4.78 is 14.0. The standard InChI is InChI=1S/C43H25N3OS/c1-3-13-26(14-4-1)31-25-37-40(30-19-9-12-22-36(30)48-37)42-41(31)44-43(47-42)46-33-21-11-8-18-29(33)39-35(46)24-23-34-38(39)28-17-7-10-20-32(28)45(34)27-15-5-2-6-16-27/h1-25H. The first-order chi connectivity index (χ1) is 23.8. The third-order valence-corrected chi connectivity index (χ3v) is 10.9. The average molecular weight is 632 g/mol. The predicted molar refractivity (Wildman–Crippen MR) is 201 cm³/mol. The van der Waals surface area contributed by atoms with Crippen molar-refractivity contribution in [2.45, 2.75) is 0 Å². The van der Waals surface area contributed by atoms with E-state index in [4.69, 9.17) is 9.40 Å². The number of aromatic nitrogens is 3. The van der Waals surface area contributed by atoms with Crippen LogP contribution in [0.25, 0.3) is 97.7 Å². The maximum Gasteiger partial charge on any atom is 0.307 e. The summed E-state index contributed by atoms with van der Waals surface area (Å²) in [6.45, 7) is 0. The molecule has 0 bridgehead atoms. The minimum absolute atomic E-state index is 0.572. The lowest BCUT2D eigenvalue weighted by molar-refractivity contribution is 0.577. The van der Waals surface area contributed by atoms with Crippen LogP contribution in [0, 0.1) is 0 Å². The van der Waals surface area contributed by atoms with E-state index in [1.807, 2.05) is 0 Å². The van der Waals surface area contributed by atoms with Crippen molar-refractivity contribution >= 4 is 86.2 Å². The van der Waals surface area contributed by atoms with Gasteiger partial charge in [-0.25, -0.2) is 0 Å². The van der Waals surface area contributed by atoms with Gasteiger partial charge in [-0.15, -0.1) is 11.3 Å². The van der Waals surface area contributed by atoms with Crippen molar-refractivity contribution in [3.05, 3.63) is 152 Å². The van der Waals surface area contributed by atoms with Crippen molar-refractivity contribution in [1.82, 2.24) is 14.1 Å². The number of para-hydroxylation sites is 3. The van der Waals surface area contributed by atoms with Gasteiger partial charge in [0, 0.05) is 53.0 Å². The summed E-state index contributed by atoms with van der Waals surface area (Å²) in [5.41, 5.74) is 9.54. The zero-order valence-corrected chi connectivity index (χ0v) is 26.4. The molecule has 4 heterocycles. The highest BCUT2D eigenvalue weighted by atomic mass is 32.1. The Morgan fingerprint density at radius 2 is 1.06 bits per heavy atom. The predicted octanol–water partition coefficient (Wildman–Crippen LogP) is 12.1. The highest BCUT2D eigenvalue weighted by molar-refractivity contribution is 7.26. The Morgan fingerprint density at radius 3 is 1.79 bits per heavy atom. The van der Waals surface area contributed by atoms with E-state index in [1.165, 1.54) is 47.4 Å². The molecule has 0 aliphatic carbocycles. The maximum absolute atomic E-state index is 7.00. The molecule has 0 aliphatic rings. The number of hydrogen-bond acceptors (Lipinski definition) is 3. The lowest BCUT2D eigenvalue weighted by Gasteiger charge is -2.07. The first-order valence-corrected chi connectivity index (χ1v) is 17.0. The molecule has 0 spiro atoms. The molecule has 11 aromatic rings. The van der Waals surface area contributed by atoms with Gasteiger partial charge >= 0.3 is 6.01 Å². The van der Waals surface area contributed by atoms with Crippen LogP contribution in [0.2, 0.25) is 0 Å². The highest BCUT2D eigenvalue weighted by Crippen LogP contribution is 2.46. The van der Waals surface area contributed by atoms with Crippen LogP contribution in [-0.2, 0) is 0 Å². The third kappa shape index (κ3) is 3.46. The van der Waals surface area contributed by atoms with E-state index >= 15 is 0 Å². The number of benzene rings is 7. The minimum Gasteiger partial charge on any atom is -0.422 e. The molecule has 0 unspecified atom stereocenters. The van der Waals surface area contributed by atoms with E-state index in [0.717, 1.165) is 44.3 Å². The van der Waals surface area contributed by atoms with E-state index in [9.17, 15) is 0 Å². The number of hydrogen-bond donors (Lipinski definition) is 0. The Hall–Kier alpha value is -6.17.